The summed E-state index contributed by atoms with van der Waals surface area (Å²) in [6.07, 6.45) is 1.17. The summed E-state index contributed by atoms with van der Waals surface area (Å²) in [5, 5.41) is 3.53. The highest BCUT2D eigenvalue weighted by Crippen LogP contribution is 2.22. The van der Waals surface area contributed by atoms with Crippen LogP contribution in [0.3, 0.4) is 0 Å². The third-order valence-corrected chi connectivity index (χ3v) is 3.19. The minimum atomic E-state index is 0.411. The Morgan fingerprint density at radius 1 is 0.944 bits per heavy atom. The van der Waals surface area contributed by atoms with Gasteiger partial charge in [-0.3, -0.25) is 0 Å². The average Bonchev–Trinajstić information content (AvgIpc) is 2.46. The molecule has 0 aliphatic heterocycles. The molecular formula is C17H21N. The lowest BCUT2D eigenvalue weighted by Gasteiger charge is -2.14. The Kier molecular flexibility index (Phi) is 4.54. The molecule has 0 radical (unpaired) electrons. The summed E-state index contributed by atoms with van der Waals surface area (Å²) in [7, 11) is 0. The molecule has 1 N–H and O–H groups in total. The Balaban J connectivity index is 2.20. The molecule has 0 fully saturated rings. The number of hydrogen-bond acceptors (Lipinski definition) is 1. The van der Waals surface area contributed by atoms with Crippen molar-refractivity contribution in [1.29, 1.82) is 0 Å². The van der Waals surface area contributed by atoms with Crippen molar-refractivity contribution in [2.24, 2.45) is 0 Å². The molecule has 0 heterocycles. The van der Waals surface area contributed by atoms with E-state index in [4.69, 9.17) is 0 Å². The summed E-state index contributed by atoms with van der Waals surface area (Å²) in [4.78, 5) is 0. The van der Waals surface area contributed by atoms with E-state index >= 15 is 0 Å². The van der Waals surface area contributed by atoms with Crippen LogP contribution in [0.25, 0.3) is 11.1 Å². The van der Waals surface area contributed by atoms with Crippen molar-refractivity contribution in [3.05, 3.63) is 60.2 Å². The summed E-state index contributed by atoms with van der Waals surface area (Å²) >= 11 is 0. The van der Waals surface area contributed by atoms with Gasteiger partial charge >= 0.3 is 0 Å². The van der Waals surface area contributed by atoms with Crippen molar-refractivity contribution >= 4 is 0 Å². The summed E-state index contributed by atoms with van der Waals surface area (Å²) < 4.78 is 0. The molecule has 2 aromatic carbocycles. The van der Waals surface area contributed by atoms with E-state index in [1.165, 1.54) is 23.1 Å². The van der Waals surface area contributed by atoms with Crippen LogP contribution in [0.5, 0.6) is 0 Å². The fourth-order valence-electron chi connectivity index (χ4n) is 2.10. The lowest BCUT2D eigenvalue weighted by molar-refractivity contribution is 0.571. The van der Waals surface area contributed by atoms with Gasteiger partial charge < -0.3 is 5.32 Å². The zero-order valence-electron chi connectivity index (χ0n) is 11.2. The van der Waals surface area contributed by atoms with Crippen LogP contribution in [-0.2, 0) is 0 Å². The van der Waals surface area contributed by atoms with Crippen LogP contribution in [0, 0.1) is 0 Å². The largest absolute Gasteiger partial charge is 0.310 e. The average molecular weight is 239 g/mol. The normalized spacial score (nSPS) is 12.3. The topological polar surface area (TPSA) is 12.0 Å². The van der Waals surface area contributed by atoms with E-state index in [1.807, 2.05) is 0 Å². The van der Waals surface area contributed by atoms with Crippen molar-refractivity contribution in [3.8, 4) is 11.1 Å². The first kappa shape index (κ1) is 12.8. The van der Waals surface area contributed by atoms with Crippen molar-refractivity contribution in [1.82, 2.24) is 5.32 Å². The highest BCUT2D eigenvalue weighted by Gasteiger charge is 2.05. The van der Waals surface area contributed by atoms with Gasteiger partial charge in [-0.15, -0.1) is 0 Å². The summed E-state index contributed by atoms with van der Waals surface area (Å²) in [6.45, 7) is 5.48. The highest BCUT2D eigenvalue weighted by molar-refractivity contribution is 5.64. The first-order valence-electron chi connectivity index (χ1n) is 6.70. The van der Waals surface area contributed by atoms with Gasteiger partial charge in [-0.2, -0.15) is 0 Å². The number of nitrogens with one attached hydrogen (secondary N) is 1. The van der Waals surface area contributed by atoms with Gasteiger partial charge in [-0.05, 0) is 42.6 Å². The van der Waals surface area contributed by atoms with E-state index in [0.29, 0.717) is 6.04 Å². The fraction of sp³-hybridized carbons (Fsp3) is 0.294. The lowest BCUT2D eigenvalue weighted by atomic mass is 10.0. The van der Waals surface area contributed by atoms with Crippen LogP contribution in [-0.4, -0.2) is 6.54 Å². The maximum atomic E-state index is 3.53. The molecule has 0 aliphatic carbocycles. The second kappa shape index (κ2) is 6.36. The van der Waals surface area contributed by atoms with Crippen molar-refractivity contribution < 1.29 is 0 Å². The minimum absolute atomic E-state index is 0.411. The Morgan fingerprint density at radius 2 is 1.67 bits per heavy atom. The first-order chi connectivity index (χ1) is 8.81. The molecule has 1 atom stereocenters. The molecule has 18 heavy (non-hydrogen) atoms. The molecule has 0 saturated carbocycles. The Hall–Kier alpha value is -1.60. The molecule has 0 saturated heterocycles. The van der Waals surface area contributed by atoms with Crippen LogP contribution in [0.1, 0.15) is 31.9 Å². The Bertz CT molecular complexity index is 476. The summed E-state index contributed by atoms with van der Waals surface area (Å²) in [5.41, 5.74) is 3.92. The highest BCUT2D eigenvalue weighted by atomic mass is 14.9. The molecule has 0 spiro atoms. The van der Waals surface area contributed by atoms with Crippen LogP contribution >= 0.6 is 0 Å². The molecule has 0 aliphatic rings. The van der Waals surface area contributed by atoms with Gasteiger partial charge in [0.2, 0.25) is 0 Å². The van der Waals surface area contributed by atoms with Gasteiger partial charge in [0, 0.05) is 6.04 Å². The van der Waals surface area contributed by atoms with Gasteiger partial charge in [0.15, 0.2) is 0 Å². The number of rotatable bonds is 5. The molecule has 94 valence electrons. The number of hydrogen-bond donors (Lipinski definition) is 1. The van der Waals surface area contributed by atoms with Gasteiger partial charge in [0.05, 0.1) is 0 Å². The second-order valence-corrected chi connectivity index (χ2v) is 4.67. The van der Waals surface area contributed by atoms with Gasteiger partial charge in [-0.1, -0.05) is 55.5 Å². The van der Waals surface area contributed by atoms with Crippen LogP contribution < -0.4 is 5.32 Å². The first-order valence-corrected chi connectivity index (χ1v) is 6.70. The Morgan fingerprint density at radius 3 is 2.39 bits per heavy atom. The molecule has 0 aromatic heterocycles. The molecule has 1 unspecified atom stereocenters. The second-order valence-electron chi connectivity index (χ2n) is 4.67. The van der Waals surface area contributed by atoms with Crippen molar-refractivity contribution in [2.45, 2.75) is 26.3 Å². The van der Waals surface area contributed by atoms with E-state index in [0.717, 1.165) is 6.54 Å². The monoisotopic (exact) mass is 239 g/mol. The van der Waals surface area contributed by atoms with Crippen LogP contribution in [0.15, 0.2) is 54.6 Å². The summed E-state index contributed by atoms with van der Waals surface area (Å²) in [6, 6.07) is 19.7. The quantitative estimate of drug-likeness (QED) is 0.814. The van der Waals surface area contributed by atoms with E-state index in [-0.39, 0.29) is 0 Å². The van der Waals surface area contributed by atoms with E-state index in [2.05, 4.69) is 73.8 Å². The molecule has 0 amide bonds. The predicted molar refractivity (Wildman–Crippen MR) is 78.6 cm³/mol. The van der Waals surface area contributed by atoms with Crippen molar-refractivity contribution in [2.75, 3.05) is 6.54 Å². The third kappa shape index (κ3) is 3.21. The lowest BCUT2D eigenvalue weighted by Crippen LogP contribution is -2.19. The standard InChI is InChI=1S/C17H21N/c1-3-12-18-14(2)16-10-7-11-17(13-16)15-8-5-4-6-9-15/h4-11,13-14,18H,3,12H2,1-2H3. The minimum Gasteiger partial charge on any atom is -0.310 e. The van der Waals surface area contributed by atoms with E-state index in [9.17, 15) is 0 Å². The SMILES string of the molecule is CCCNC(C)c1cccc(-c2ccccc2)c1. The van der Waals surface area contributed by atoms with Gasteiger partial charge in [-0.25, -0.2) is 0 Å². The molecule has 1 heteroatoms. The zero-order valence-corrected chi connectivity index (χ0v) is 11.2. The summed E-state index contributed by atoms with van der Waals surface area (Å²) in [5.74, 6) is 0. The van der Waals surface area contributed by atoms with Crippen LogP contribution in [0.2, 0.25) is 0 Å². The molecule has 2 aromatic rings. The van der Waals surface area contributed by atoms with Crippen molar-refractivity contribution in [3.63, 3.8) is 0 Å². The third-order valence-electron chi connectivity index (χ3n) is 3.19. The number of benzene rings is 2. The molecule has 1 nitrogen and oxygen atoms in total. The Labute approximate surface area is 110 Å². The van der Waals surface area contributed by atoms with E-state index in [1.54, 1.807) is 0 Å². The molecule has 0 bridgehead atoms. The van der Waals surface area contributed by atoms with Crippen LogP contribution in [0.4, 0.5) is 0 Å². The molecular weight excluding hydrogens is 218 g/mol. The van der Waals surface area contributed by atoms with E-state index < -0.39 is 0 Å². The zero-order chi connectivity index (χ0) is 12.8. The maximum absolute atomic E-state index is 3.53. The maximum Gasteiger partial charge on any atom is 0.0292 e. The smallest absolute Gasteiger partial charge is 0.0292 e. The van der Waals surface area contributed by atoms with Gasteiger partial charge in [0.25, 0.3) is 0 Å². The predicted octanol–water partition coefficient (Wildman–Crippen LogP) is 4.41. The fourth-order valence-corrected chi connectivity index (χ4v) is 2.10. The molecule has 2 rings (SSSR count). The van der Waals surface area contributed by atoms with Gasteiger partial charge in [0.1, 0.15) is 0 Å².